The van der Waals surface area contributed by atoms with Crippen molar-refractivity contribution in [2.75, 3.05) is 0 Å². The van der Waals surface area contributed by atoms with Gasteiger partial charge < -0.3 is 19.7 Å². The van der Waals surface area contributed by atoms with Gasteiger partial charge in [-0.25, -0.2) is 9.78 Å². The van der Waals surface area contributed by atoms with E-state index < -0.39 is 65.4 Å². The average molecular weight is 436 g/mol. The largest absolute Gasteiger partial charge is 0.481 e. The number of allylic oxidation sites excluding steroid dienone is 1. The molecule has 5 aliphatic rings. The Balaban J connectivity index is 1.87. The molecule has 8 nitrogen and oxygen atoms in total. The van der Waals surface area contributed by atoms with E-state index in [9.17, 15) is 33.0 Å². The molecule has 30 heavy (non-hydrogen) atoms. The zero-order valence-corrected chi connectivity index (χ0v) is 16.4. The van der Waals surface area contributed by atoms with Crippen LogP contribution in [0.2, 0.25) is 0 Å². The summed E-state index contributed by atoms with van der Waals surface area (Å²) in [7, 11) is 0. The van der Waals surface area contributed by atoms with Gasteiger partial charge >= 0.3 is 18.1 Å². The quantitative estimate of drug-likeness (QED) is 0.511. The minimum Gasteiger partial charge on any atom is -0.481 e. The first-order valence-corrected chi connectivity index (χ1v) is 9.86. The highest BCUT2D eigenvalue weighted by Crippen LogP contribution is 2.62. The van der Waals surface area contributed by atoms with Crippen LogP contribution >= 0.6 is 0 Å². The molecule has 168 valence electrons. The smallest absolute Gasteiger partial charge is 0.448 e. The molecule has 0 aromatic heterocycles. The Kier molecular flexibility index (Phi) is 4.87. The summed E-state index contributed by atoms with van der Waals surface area (Å²) >= 11 is 0. The molecule has 4 aliphatic heterocycles. The molecular formula is C19H23F3O8. The van der Waals surface area contributed by atoms with Crippen molar-refractivity contribution in [3.05, 3.63) is 11.3 Å². The second kappa shape index (κ2) is 6.83. The molecule has 11 heteroatoms. The number of alkyl halides is 3. The molecule has 2 N–H and O–H groups in total. The highest BCUT2D eigenvalue weighted by molar-refractivity contribution is 5.93. The van der Waals surface area contributed by atoms with Crippen molar-refractivity contribution in [2.24, 2.45) is 23.7 Å². The standard InChI is InChI=1S/C19H23F3O8/c1-8-3-4-12-9(7-10(14(23)24)15(25)26)13(19(20,21)22)27-16-18(12)11(8)5-6-17(2,28-16)29-30-18/h8,10-12,16H,3-7H2,1-2H3,(H,23,24)(H,25,26)/t8-,11+,12+,16-,17?,18?/m1/s1. The van der Waals surface area contributed by atoms with E-state index >= 15 is 0 Å². The number of fused-ring (bicyclic) bond motifs is 2. The van der Waals surface area contributed by atoms with E-state index in [2.05, 4.69) is 0 Å². The number of hydrogen-bond acceptors (Lipinski definition) is 6. The molecule has 0 aromatic rings. The van der Waals surface area contributed by atoms with Crippen LogP contribution in [0.3, 0.4) is 0 Å². The van der Waals surface area contributed by atoms with E-state index in [1.165, 1.54) is 0 Å². The zero-order valence-electron chi connectivity index (χ0n) is 16.4. The first-order chi connectivity index (χ1) is 13.9. The third kappa shape index (κ3) is 3.09. The summed E-state index contributed by atoms with van der Waals surface area (Å²) in [5, 5.41) is 18.5. The number of ether oxygens (including phenoxy) is 2. The molecule has 0 radical (unpaired) electrons. The normalized spacial score (nSPS) is 40.6. The Hall–Kier alpha value is -1.85. The molecule has 1 spiro atoms. The van der Waals surface area contributed by atoms with Gasteiger partial charge in [-0.3, -0.25) is 9.59 Å². The maximum atomic E-state index is 13.9. The van der Waals surface area contributed by atoms with Crippen LogP contribution in [-0.2, 0) is 28.8 Å². The van der Waals surface area contributed by atoms with Gasteiger partial charge in [-0.2, -0.15) is 13.2 Å². The number of rotatable bonds is 4. The van der Waals surface area contributed by atoms with Gasteiger partial charge in [-0.1, -0.05) is 6.92 Å². The molecule has 1 aliphatic carbocycles. The molecule has 0 aromatic carbocycles. The second-order valence-corrected chi connectivity index (χ2v) is 8.76. The van der Waals surface area contributed by atoms with Crippen LogP contribution in [0.4, 0.5) is 13.2 Å². The van der Waals surface area contributed by atoms with Crippen LogP contribution in [0.5, 0.6) is 0 Å². The lowest BCUT2D eigenvalue weighted by molar-refractivity contribution is -0.557. The molecule has 4 fully saturated rings. The second-order valence-electron chi connectivity index (χ2n) is 8.76. The Morgan fingerprint density at radius 1 is 1.17 bits per heavy atom. The van der Waals surface area contributed by atoms with Crippen LogP contribution < -0.4 is 0 Å². The van der Waals surface area contributed by atoms with Crippen LogP contribution in [0.15, 0.2) is 11.3 Å². The van der Waals surface area contributed by atoms with Gasteiger partial charge in [0.05, 0.1) is 0 Å². The lowest BCUT2D eigenvalue weighted by Crippen LogP contribution is -2.67. The van der Waals surface area contributed by atoms with Crippen LogP contribution in [0, 0.1) is 23.7 Å². The fourth-order valence-electron chi connectivity index (χ4n) is 5.47. The van der Waals surface area contributed by atoms with Gasteiger partial charge in [-0.05, 0) is 44.1 Å². The van der Waals surface area contributed by atoms with E-state index in [-0.39, 0.29) is 18.3 Å². The number of carboxylic acid groups (broad SMARTS) is 2. The summed E-state index contributed by atoms with van der Waals surface area (Å²) in [6.45, 7) is 3.54. The minimum atomic E-state index is -4.95. The number of carbonyl (C=O) groups is 2. The van der Waals surface area contributed by atoms with Gasteiger partial charge in [0.15, 0.2) is 11.5 Å². The molecule has 1 saturated carbocycles. The lowest BCUT2D eigenvalue weighted by Gasteiger charge is -2.57. The van der Waals surface area contributed by atoms with Crippen molar-refractivity contribution in [1.82, 2.24) is 0 Å². The Bertz CT molecular complexity index is 781. The van der Waals surface area contributed by atoms with E-state index in [4.69, 9.17) is 19.2 Å². The lowest BCUT2D eigenvalue weighted by atomic mass is 9.58. The van der Waals surface area contributed by atoms with Gasteiger partial charge in [0.1, 0.15) is 0 Å². The van der Waals surface area contributed by atoms with Crippen LogP contribution in [-0.4, -0.2) is 46.0 Å². The van der Waals surface area contributed by atoms with Crippen LogP contribution in [0.1, 0.15) is 46.0 Å². The fourth-order valence-corrected chi connectivity index (χ4v) is 5.47. The topological polar surface area (TPSA) is 112 Å². The summed E-state index contributed by atoms with van der Waals surface area (Å²) in [5.41, 5.74) is -1.82. The molecule has 6 atom stereocenters. The predicted octanol–water partition coefficient (Wildman–Crippen LogP) is 3.22. The summed E-state index contributed by atoms with van der Waals surface area (Å²) < 4.78 is 52.9. The van der Waals surface area contributed by atoms with E-state index in [1.54, 1.807) is 6.92 Å². The van der Waals surface area contributed by atoms with Crippen molar-refractivity contribution in [3.63, 3.8) is 0 Å². The minimum absolute atomic E-state index is 0.0726. The Labute approximate surface area is 169 Å². The highest BCUT2D eigenvalue weighted by Gasteiger charge is 2.70. The third-order valence-corrected chi connectivity index (χ3v) is 6.93. The Morgan fingerprint density at radius 2 is 1.83 bits per heavy atom. The summed E-state index contributed by atoms with van der Waals surface area (Å²) in [5.74, 6) is -9.28. The van der Waals surface area contributed by atoms with Gasteiger partial charge in [-0.15, -0.1) is 0 Å². The summed E-state index contributed by atoms with van der Waals surface area (Å²) in [6, 6.07) is 0. The SMILES string of the molecule is C[C@@H]1CC[C@H]2C(CC(C(=O)O)C(=O)O)=C(C(F)(F)F)O[C@@H]3OC4(C)CC[C@@H]1C32OO4. The molecule has 2 unspecified atom stereocenters. The molecule has 5 rings (SSSR count). The number of halogens is 3. The van der Waals surface area contributed by atoms with E-state index in [0.717, 1.165) is 0 Å². The molecular weight excluding hydrogens is 413 g/mol. The maximum absolute atomic E-state index is 13.9. The van der Waals surface area contributed by atoms with Crippen molar-refractivity contribution >= 4 is 11.9 Å². The van der Waals surface area contributed by atoms with E-state index in [1.807, 2.05) is 6.92 Å². The summed E-state index contributed by atoms with van der Waals surface area (Å²) in [4.78, 5) is 34.1. The average Bonchev–Trinajstić information content (AvgIpc) is 2.86. The van der Waals surface area contributed by atoms with Crippen molar-refractivity contribution in [1.29, 1.82) is 0 Å². The fraction of sp³-hybridized carbons (Fsp3) is 0.789. The van der Waals surface area contributed by atoms with Gasteiger partial charge in [0.2, 0.25) is 17.8 Å². The van der Waals surface area contributed by atoms with E-state index in [0.29, 0.717) is 19.3 Å². The van der Waals surface area contributed by atoms with Crippen LogP contribution in [0.25, 0.3) is 0 Å². The predicted molar refractivity (Wildman–Crippen MR) is 90.3 cm³/mol. The number of hydrogen-bond donors (Lipinski definition) is 2. The first kappa shape index (κ1) is 21.4. The molecule has 2 bridgehead atoms. The van der Waals surface area contributed by atoms with Crippen molar-refractivity contribution < 1.29 is 52.2 Å². The summed E-state index contributed by atoms with van der Waals surface area (Å²) in [6.07, 6.45) is -5.44. The molecule has 0 amide bonds. The monoisotopic (exact) mass is 436 g/mol. The maximum Gasteiger partial charge on any atom is 0.448 e. The molecule has 3 saturated heterocycles. The van der Waals surface area contributed by atoms with Gasteiger partial charge in [0.25, 0.3) is 0 Å². The Morgan fingerprint density at radius 3 is 2.43 bits per heavy atom. The highest BCUT2D eigenvalue weighted by atomic mass is 19.4. The van der Waals surface area contributed by atoms with Gasteiger partial charge in [0, 0.05) is 18.3 Å². The first-order valence-electron chi connectivity index (χ1n) is 9.86. The van der Waals surface area contributed by atoms with Crippen molar-refractivity contribution in [3.8, 4) is 0 Å². The molecule has 4 heterocycles. The number of carboxylic acids is 2. The van der Waals surface area contributed by atoms with Crippen molar-refractivity contribution in [2.45, 2.75) is 69.8 Å². The third-order valence-electron chi connectivity index (χ3n) is 6.93. The zero-order chi connectivity index (χ0) is 22.1. The number of aliphatic carboxylic acids is 2.